The Morgan fingerprint density at radius 3 is 1.35 bits per heavy atom. The van der Waals surface area contributed by atoms with Crippen molar-refractivity contribution >= 4 is 34.7 Å². The van der Waals surface area contributed by atoms with Crippen molar-refractivity contribution in [1.29, 1.82) is 0 Å². The Morgan fingerprint density at radius 1 is 0.583 bits per heavy atom. The molecule has 2 atom stereocenters. The van der Waals surface area contributed by atoms with Crippen molar-refractivity contribution in [2.24, 2.45) is 0 Å². The molecule has 10 heteroatoms. The summed E-state index contributed by atoms with van der Waals surface area (Å²) in [4.78, 5) is 36.6. The minimum absolute atomic E-state index is 0.296. The monoisotopic (exact) mass is 804 g/mol. The van der Waals surface area contributed by atoms with Crippen molar-refractivity contribution in [3.8, 4) is 11.5 Å². The molecule has 0 unspecified atom stereocenters. The van der Waals surface area contributed by atoms with Crippen LogP contribution in [0.3, 0.4) is 0 Å². The van der Waals surface area contributed by atoms with Gasteiger partial charge in [-0.3, -0.25) is 9.97 Å². The van der Waals surface area contributed by atoms with E-state index in [1.165, 1.54) is 36.5 Å². The van der Waals surface area contributed by atoms with E-state index >= 15 is 0 Å². The number of carbonyl (C=O) groups is 2. The summed E-state index contributed by atoms with van der Waals surface area (Å²) >= 11 is 0. The average Bonchev–Trinajstić information content (AvgIpc) is 3.90. The number of fused-ring (bicyclic) bond motifs is 2. The number of hydrogen-bond acceptors (Lipinski definition) is 10. The topological polar surface area (TPSA) is 103 Å². The third-order valence-electron chi connectivity index (χ3n) is 11.5. The molecule has 0 amide bonds. The molecule has 2 aromatic heterocycles. The van der Waals surface area contributed by atoms with E-state index in [1.54, 1.807) is 36.9 Å². The van der Waals surface area contributed by atoms with Gasteiger partial charge in [-0.05, 0) is 99.2 Å². The lowest BCUT2D eigenvalue weighted by atomic mass is 9.93. The van der Waals surface area contributed by atoms with Gasteiger partial charge in [0.2, 0.25) is 0 Å². The van der Waals surface area contributed by atoms with Crippen molar-refractivity contribution in [1.82, 2.24) is 9.97 Å². The molecular formula is C50H52N4O6. The van der Waals surface area contributed by atoms with E-state index in [2.05, 4.69) is 133 Å². The normalized spacial score (nSPS) is 14.7. The van der Waals surface area contributed by atoms with Crippen LogP contribution in [-0.4, -0.2) is 63.4 Å². The molecular weight excluding hydrogens is 753 g/mol. The number of rotatable bonds is 12. The summed E-state index contributed by atoms with van der Waals surface area (Å²) < 4.78 is 21.8. The number of aromatic nitrogens is 2. The summed E-state index contributed by atoms with van der Waals surface area (Å²) in [5, 5.41) is 0. The lowest BCUT2D eigenvalue weighted by molar-refractivity contribution is 0.0590. The van der Waals surface area contributed by atoms with Gasteiger partial charge in [0.1, 0.15) is 11.5 Å². The van der Waals surface area contributed by atoms with E-state index in [9.17, 15) is 9.59 Å². The van der Waals surface area contributed by atoms with Crippen LogP contribution in [0.15, 0.2) is 122 Å². The first kappa shape index (κ1) is 41.5. The summed E-state index contributed by atoms with van der Waals surface area (Å²) in [6.07, 6.45) is 10.0. The Kier molecular flexibility index (Phi) is 13.1. The number of aryl methyl sites for hydroxylation is 4. The van der Waals surface area contributed by atoms with E-state index in [1.807, 2.05) is 0 Å². The molecule has 0 saturated heterocycles. The first-order valence-electron chi connectivity index (χ1n) is 20.3. The smallest absolute Gasteiger partial charge is 0.338 e. The average molecular weight is 805 g/mol. The van der Waals surface area contributed by atoms with Crippen LogP contribution in [0.2, 0.25) is 0 Å². The zero-order valence-electron chi connectivity index (χ0n) is 35.2. The van der Waals surface area contributed by atoms with Crippen LogP contribution in [0.1, 0.15) is 78.8 Å². The van der Waals surface area contributed by atoms with Gasteiger partial charge >= 0.3 is 11.9 Å². The minimum Gasteiger partial charge on any atom is -0.493 e. The van der Waals surface area contributed by atoms with Gasteiger partial charge in [-0.25, -0.2) is 9.59 Å². The fraction of sp³-hybridized carbons (Fsp3) is 0.280. The molecule has 0 saturated carbocycles. The third-order valence-corrected chi connectivity index (χ3v) is 11.5. The van der Waals surface area contributed by atoms with E-state index in [-0.39, 0.29) is 11.9 Å². The largest absolute Gasteiger partial charge is 0.493 e. The predicted octanol–water partition coefficient (Wildman–Crippen LogP) is 10.1. The Bertz CT molecular complexity index is 2260. The summed E-state index contributed by atoms with van der Waals surface area (Å²) in [5.41, 5.74) is 12.4. The Labute approximate surface area is 352 Å². The van der Waals surface area contributed by atoms with E-state index in [0.717, 1.165) is 71.1 Å². The molecule has 8 rings (SSSR count). The molecule has 2 aliphatic heterocycles. The van der Waals surface area contributed by atoms with Crippen LogP contribution in [0.25, 0.3) is 0 Å². The Hall–Kier alpha value is -6.68. The van der Waals surface area contributed by atoms with Crippen LogP contribution in [0, 0.1) is 13.8 Å². The number of hydrogen-bond donors (Lipinski definition) is 0. The zero-order chi connectivity index (χ0) is 42.2. The number of anilines is 4. The molecule has 2 aliphatic rings. The van der Waals surface area contributed by atoms with Gasteiger partial charge in [-0.15, -0.1) is 0 Å². The van der Waals surface area contributed by atoms with Crippen LogP contribution in [-0.2, 0) is 22.3 Å². The predicted molar refractivity (Wildman–Crippen MR) is 236 cm³/mol. The first-order valence-corrected chi connectivity index (χ1v) is 20.3. The summed E-state index contributed by atoms with van der Waals surface area (Å²) in [7, 11) is 6.93. The number of esters is 2. The highest BCUT2D eigenvalue weighted by Crippen LogP contribution is 2.41. The minimum atomic E-state index is -0.320. The molecule has 308 valence electrons. The molecule has 6 aromatic rings. The van der Waals surface area contributed by atoms with E-state index < -0.39 is 0 Å². The van der Waals surface area contributed by atoms with Crippen molar-refractivity contribution in [2.75, 3.05) is 51.3 Å². The number of ether oxygens (including phenoxy) is 4. The number of carbonyl (C=O) groups excluding carboxylic acids is 2. The number of nitrogens with zero attached hydrogens (tertiary/aromatic N) is 4. The molecule has 0 fully saturated rings. The summed E-state index contributed by atoms with van der Waals surface area (Å²) in [6.45, 7) is 5.49. The fourth-order valence-corrected chi connectivity index (χ4v) is 7.79. The SMILES string of the molecule is COC(=O)c1ccncc1CC[C@@H]1COc2cc(N(C)c3ccc(C)cc3)ccc21.COC(=O)c1ccncc1CC[C@H]1COc2cc(N(C)c3ccc(C)cc3)ccc21. The molecule has 0 spiro atoms. The second-order valence-corrected chi connectivity index (χ2v) is 15.4. The lowest BCUT2D eigenvalue weighted by Crippen LogP contribution is -2.09. The van der Waals surface area contributed by atoms with Crippen LogP contribution >= 0.6 is 0 Å². The Balaban J connectivity index is 0.000000181. The molecule has 0 N–H and O–H groups in total. The maximum absolute atomic E-state index is 12.0. The van der Waals surface area contributed by atoms with Crippen LogP contribution in [0.5, 0.6) is 11.5 Å². The number of benzene rings is 4. The summed E-state index contributed by atoms with van der Waals surface area (Å²) in [6, 6.07) is 33.2. The molecule has 0 radical (unpaired) electrons. The molecule has 0 bridgehead atoms. The van der Waals surface area contributed by atoms with Gasteiger partial charge in [0, 0.05) is 96.7 Å². The quantitative estimate of drug-likeness (QED) is 0.111. The van der Waals surface area contributed by atoms with Crippen LogP contribution in [0.4, 0.5) is 22.7 Å². The molecule has 0 aliphatic carbocycles. The van der Waals surface area contributed by atoms with Crippen molar-refractivity contribution in [3.05, 3.63) is 166 Å². The van der Waals surface area contributed by atoms with Crippen molar-refractivity contribution in [3.63, 3.8) is 0 Å². The maximum Gasteiger partial charge on any atom is 0.338 e. The highest BCUT2D eigenvalue weighted by Gasteiger charge is 2.27. The Morgan fingerprint density at radius 2 is 0.967 bits per heavy atom. The van der Waals surface area contributed by atoms with Gasteiger partial charge in [0.05, 0.1) is 38.6 Å². The second kappa shape index (κ2) is 18.9. The van der Waals surface area contributed by atoms with Gasteiger partial charge < -0.3 is 28.7 Å². The van der Waals surface area contributed by atoms with Gasteiger partial charge in [-0.1, -0.05) is 47.5 Å². The van der Waals surface area contributed by atoms with E-state index in [4.69, 9.17) is 18.9 Å². The van der Waals surface area contributed by atoms with Gasteiger partial charge in [0.25, 0.3) is 0 Å². The highest BCUT2D eigenvalue weighted by molar-refractivity contribution is 5.91. The zero-order valence-corrected chi connectivity index (χ0v) is 35.2. The maximum atomic E-state index is 12.0. The third kappa shape index (κ3) is 9.44. The number of pyridine rings is 2. The van der Waals surface area contributed by atoms with Crippen molar-refractivity contribution in [2.45, 2.75) is 51.4 Å². The second-order valence-electron chi connectivity index (χ2n) is 15.4. The standard InChI is InChI=1S/2C25H26N2O3/c2*1-17-4-8-20(9-5-17)27(2)21-10-11-22-19(16-30-24(22)14-21)7-6-18-15-26-13-12-23(18)25(28)29-3/h2*4-5,8-15,19H,6-7,16H2,1-3H3/t2*19-/m10/s1. The van der Waals surface area contributed by atoms with E-state index in [0.29, 0.717) is 36.2 Å². The summed E-state index contributed by atoms with van der Waals surface area (Å²) in [5.74, 6) is 1.83. The van der Waals surface area contributed by atoms with Crippen molar-refractivity contribution < 1.29 is 28.5 Å². The molecule has 4 aromatic carbocycles. The van der Waals surface area contributed by atoms with Crippen LogP contribution < -0.4 is 19.3 Å². The van der Waals surface area contributed by atoms with Gasteiger partial charge in [0.15, 0.2) is 0 Å². The first-order chi connectivity index (χ1) is 29.1. The highest BCUT2D eigenvalue weighted by atomic mass is 16.5. The fourth-order valence-electron chi connectivity index (χ4n) is 7.79. The molecule has 4 heterocycles. The lowest BCUT2D eigenvalue weighted by Gasteiger charge is -2.20. The molecule has 60 heavy (non-hydrogen) atoms. The number of methoxy groups -OCH3 is 2. The van der Waals surface area contributed by atoms with Gasteiger partial charge in [-0.2, -0.15) is 0 Å². The molecule has 10 nitrogen and oxygen atoms in total.